The van der Waals surface area contributed by atoms with Gasteiger partial charge in [-0.15, -0.1) is 0 Å². The van der Waals surface area contributed by atoms with Gasteiger partial charge in [-0.25, -0.2) is 23.5 Å². The van der Waals surface area contributed by atoms with Crippen molar-refractivity contribution in [1.29, 1.82) is 0 Å². The molecule has 1 saturated carbocycles. The predicted octanol–water partition coefficient (Wildman–Crippen LogP) is 4.97. The van der Waals surface area contributed by atoms with Crippen LogP contribution in [0, 0.1) is 5.92 Å². The summed E-state index contributed by atoms with van der Waals surface area (Å²) in [5, 5.41) is 11.6. The summed E-state index contributed by atoms with van der Waals surface area (Å²) in [5.41, 5.74) is 0.583. The van der Waals surface area contributed by atoms with Gasteiger partial charge in [-0.05, 0) is 47.4 Å². The highest BCUT2D eigenvalue weighted by Crippen LogP contribution is 2.62. The maximum atomic E-state index is 15.0. The average molecular weight is 638 g/mol. The van der Waals surface area contributed by atoms with E-state index in [0.717, 1.165) is 4.57 Å². The number of phenolic OH excluding ortho intramolecular Hbond substituents is 1. The molecule has 238 valence electrons. The van der Waals surface area contributed by atoms with Crippen LogP contribution in [0.2, 0.25) is 0 Å². The molecule has 4 unspecified atom stereocenters. The van der Waals surface area contributed by atoms with Crippen molar-refractivity contribution in [3.8, 4) is 17.2 Å². The molecule has 9 nitrogen and oxygen atoms in total. The fourth-order valence-electron chi connectivity index (χ4n) is 8.17. The number of methoxy groups -OCH3 is 1. The van der Waals surface area contributed by atoms with E-state index in [-0.39, 0.29) is 30.3 Å². The first-order valence-corrected chi connectivity index (χ1v) is 15.8. The molecule has 0 bridgehead atoms. The minimum absolute atomic E-state index is 0.0654. The molecule has 8 rings (SSSR count). The molecular formula is C39H31N3O6. The van der Waals surface area contributed by atoms with E-state index in [1.165, 1.54) is 28.6 Å². The third kappa shape index (κ3) is 4.10. The van der Waals surface area contributed by atoms with Crippen LogP contribution in [0.15, 0.2) is 137 Å². The predicted molar refractivity (Wildman–Crippen MR) is 179 cm³/mol. The SMILES string of the molecule is COc1ccc(C2C3=CCn4c(=O)n(-c5ccccc5)c(=O)n4C3CC3C(=O)C(c4ccccc4)=CC(=O)C32c2ccccc2)c(O)c1. The third-order valence-electron chi connectivity index (χ3n) is 10.2. The summed E-state index contributed by atoms with van der Waals surface area (Å²) < 4.78 is 9.36. The largest absolute Gasteiger partial charge is 0.508 e. The molecule has 0 amide bonds. The zero-order valence-electron chi connectivity index (χ0n) is 26.0. The third-order valence-corrected chi connectivity index (χ3v) is 10.2. The lowest BCUT2D eigenvalue weighted by Crippen LogP contribution is -2.58. The van der Waals surface area contributed by atoms with Gasteiger partial charge in [-0.1, -0.05) is 91.0 Å². The van der Waals surface area contributed by atoms with Gasteiger partial charge in [-0.2, -0.15) is 0 Å². The minimum atomic E-state index is -1.46. The monoisotopic (exact) mass is 637 g/mol. The molecular weight excluding hydrogens is 606 g/mol. The van der Waals surface area contributed by atoms with Crippen LogP contribution in [0.25, 0.3) is 11.3 Å². The Hall–Kier alpha value is -5.96. The Morgan fingerprint density at radius 3 is 2.15 bits per heavy atom. The van der Waals surface area contributed by atoms with E-state index in [9.17, 15) is 19.5 Å². The van der Waals surface area contributed by atoms with Crippen LogP contribution < -0.4 is 16.1 Å². The quantitative estimate of drug-likeness (QED) is 0.273. The molecule has 2 heterocycles. The van der Waals surface area contributed by atoms with Crippen LogP contribution in [-0.4, -0.2) is 37.7 Å². The highest BCUT2D eigenvalue weighted by atomic mass is 16.5. The molecule has 9 heteroatoms. The van der Waals surface area contributed by atoms with E-state index in [4.69, 9.17) is 4.74 Å². The van der Waals surface area contributed by atoms with Crippen LogP contribution in [-0.2, 0) is 21.5 Å². The van der Waals surface area contributed by atoms with E-state index >= 15 is 4.79 Å². The van der Waals surface area contributed by atoms with Gasteiger partial charge in [0.2, 0.25) is 0 Å². The van der Waals surface area contributed by atoms with Crippen LogP contribution in [0.3, 0.4) is 0 Å². The second-order valence-corrected chi connectivity index (χ2v) is 12.4. The number of hydrogen-bond acceptors (Lipinski definition) is 6. The van der Waals surface area contributed by atoms with Gasteiger partial charge in [0.1, 0.15) is 11.5 Å². The molecule has 48 heavy (non-hydrogen) atoms. The van der Waals surface area contributed by atoms with Crippen molar-refractivity contribution < 1.29 is 19.4 Å². The summed E-state index contributed by atoms with van der Waals surface area (Å²) in [6, 6.07) is 31.2. The molecule has 1 aliphatic heterocycles. The van der Waals surface area contributed by atoms with E-state index < -0.39 is 34.7 Å². The number of allylic oxidation sites excluding steroid dienone is 4. The van der Waals surface area contributed by atoms with E-state index in [0.29, 0.717) is 39.3 Å². The molecule has 0 saturated heterocycles. The molecule has 1 N–H and O–H groups in total. The number of ether oxygens (including phenoxy) is 1. The van der Waals surface area contributed by atoms with Crippen molar-refractivity contribution in [2.45, 2.75) is 30.3 Å². The molecule has 0 radical (unpaired) electrons. The van der Waals surface area contributed by atoms with Gasteiger partial charge in [0.05, 0.1) is 30.8 Å². The average Bonchev–Trinajstić information content (AvgIpc) is 3.39. The molecule has 3 aliphatic rings. The highest BCUT2D eigenvalue weighted by Gasteiger charge is 2.63. The number of carbonyl (C=O) groups is 2. The summed E-state index contributed by atoms with van der Waals surface area (Å²) in [6.07, 6.45) is 3.41. The van der Waals surface area contributed by atoms with Crippen molar-refractivity contribution in [2.24, 2.45) is 5.92 Å². The summed E-state index contributed by atoms with van der Waals surface area (Å²) >= 11 is 0. The first-order chi connectivity index (χ1) is 23.4. The molecule has 0 spiro atoms. The number of para-hydroxylation sites is 1. The molecule has 4 aromatic carbocycles. The molecule has 4 atom stereocenters. The van der Waals surface area contributed by atoms with Crippen molar-refractivity contribution in [3.05, 3.63) is 165 Å². The number of phenols is 1. The first-order valence-electron chi connectivity index (χ1n) is 15.8. The number of aromatic hydroxyl groups is 1. The van der Waals surface area contributed by atoms with Gasteiger partial charge >= 0.3 is 11.4 Å². The summed E-state index contributed by atoms with van der Waals surface area (Å²) in [5.74, 6) is -2.00. The maximum absolute atomic E-state index is 15.0. The van der Waals surface area contributed by atoms with Crippen LogP contribution in [0.4, 0.5) is 0 Å². The van der Waals surface area contributed by atoms with Crippen LogP contribution in [0.1, 0.15) is 35.1 Å². The lowest BCUT2D eigenvalue weighted by Gasteiger charge is -2.54. The zero-order chi connectivity index (χ0) is 33.2. The standard InChI is InChI=1S/C39H31N3O6/c1-48-27-17-18-29(33(43)21-27)35-28-19-20-40-37(46)41(26-15-9-4-10-16-26)38(47)42(40)32(28)23-31-36(45)30(24-11-5-2-6-12-24)22-34(44)39(31,35)25-13-7-3-8-14-25/h2-19,21-22,31-32,35,43H,20,23H2,1H3. The number of Topliss-reactive ketones (excluding diaryl/α,β-unsaturated/α-hetero) is 1. The van der Waals surface area contributed by atoms with Crippen molar-refractivity contribution in [3.63, 3.8) is 0 Å². The lowest BCUT2D eigenvalue weighted by atomic mass is 9.47. The second-order valence-electron chi connectivity index (χ2n) is 12.4. The number of nitrogens with zero attached hydrogens (tertiary/aromatic N) is 3. The smallest absolute Gasteiger partial charge is 0.352 e. The van der Waals surface area contributed by atoms with E-state index in [1.807, 2.05) is 60.7 Å². The Kier molecular flexibility index (Phi) is 6.80. The van der Waals surface area contributed by atoms with Gasteiger partial charge < -0.3 is 9.84 Å². The molecule has 2 aliphatic carbocycles. The number of hydrogen-bond donors (Lipinski definition) is 1. The molecule has 1 fully saturated rings. The topological polar surface area (TPSA) is 113 Å². The fourth-order valence-corrected chi connectivity index (χ4v) is 8.17. The van der Waals surface area contributed by atoms with E-state index in [1.54, 1.807) is 48.5 Å². The number of fused-ring (bicyclic) bond motifs is 4. The Balaban J connectivity index is 1.43. The van der Waals surface area contributed by atoms with Gasteiger partial charge in [0.15, 0.2) is 11.6 Å². The zero-order valence-corrected chi connectivity index (χ0v) is 26.0. The van der Waals surface area contributed by atoms with Gasteiger partial charge in [0.25, 0.3) is 0 Å². The summed E-state index contributed by atoms with van der Waals surface area (Å²) in [7, 11) is 1.50. The second kappa shape index (κ2) is 11.1. The van der Waals surface area contributed by atoms with Crippen molar-refractivity contribution in [2.75, 3.05) is 7.11 Å². The lowest BCUT2D eigenvalue weighted by molar-refractivity contribution is -0.133. The normalized spacial score (nSPS) is 23.0. The Bertz CT molecular complexity index is 2280. The molecule has 5 aromatic rings. The van der Waals surface area contributed by atoms with Gasteiger partial charge in [-0.3, -0.25) is 9.59 Å². The molecule has 1 aromatic heterocycles. The van der Waals surface area contributed by atoms with E-state index in [2.05, 4.69) is 0 Å². The number of aromatic nitrogens is 3. The Labute approximate surface area is 275 Å². The number of rotatable bonds is 5. The first kappa shape index (κ1) is 29.4. The van der Waals surface area contributed by atoms with Crippen LogP contribution >= 0.6 is 0 Å². The van der Waals surface area contributed by atoms with Gasteiger partial charge in [0, 0.05) is 29.0 Å². The number of ketones is 2. The fraction of sp³-hybridized carbons (Fsp3) is 0.179. The number of benzene rings is 4. The summed E-state index contributed by atoms with van der Waals surface area (Å²) in [4.78, 5) is 58.0. The maximum Gasteiger partial charge on any atom is 0.352 e. The van der Waals surface area contributed by atoms with Crippen molar-refractivity contribution >= 4 is 17.1 Å². The van der Waals surface area contributed by atoms with Crippen LogP contribution in [0.5, 0.6) is 11.5 Å². The highest BCUT2D eigenvalue weighted by molar-refractivity contribution is 6.31. The Morgan fingerprint density at radius 2 is 1.48 bits per heavy atom. The van der Waals surface area contributed by atoms with Crippen molar-refractivity contribution in [1.82, 2.24) is 13.9 Å². The summed E-state index contributed by atoms with van der Waals surface area (Å²) in [6.45, 7) is 0.0654. The number of carbonyl (C=O) groups excluding carboxylic acids is 2. The Morgan fingerprint density at radius 1 is 0.812 bits per heavy atom. The minimum Gasteiger partial charge on any atom is -0.508 e.